The van der Waals surface area contributed by atoms with E-state index < -0.39 is 0 Å². The molecule has 2 saturated heterocycles. The van der Waals surface area contributed by atoms with Crippen molar-refractivity contribution in [3.05, 3.63) is 34.9 Å². The molecular weight excluding hydrogens is 284 g/mol. The number of nitrogens with zero attached hydrogens (tertiary/aromatic N) is 1. The van der Waals surface area contributed by atoms with Crippen molar-refractivity contribution >= 4 is 17.5 Å². The average Bonchev–Trinajstić information content (AvgIpc) is 3.04. The lowest BCUT2D eigenvalue weighted by atomic mass is 9.89. The van der Waals surface area contributed by atoms with Crippen LogP contribution in [0.5, 0.6) is 0 Å². The first-order valence-electron chi connectivity index (χ1n) is 7.98. The fraction of sp³-hybridized carbons (Fsp3) is 0.588. The number of halogens is 1. The summed E-state index contributed by atoms with van der Waals surface area (Å²) in [6.45, 7) is 2.97. The van der Waals surface area contributed by atoms with Gasteiger partial charge in [0.15, 0.2) is 0 Å². The molecule has 114 valence electrons. The Morgan fingerprint density at radius 3 is 2.76 bits per heavy atom. The van der Waals surface area contributed by atoms with E-state index in [0.717, 1.165) is 36.6 Å². The molecule has 21 heavy (non-hydrogen) atoms. The molecule has 0 aliphatic carbocycles. The summed E-state index contributed by atoms with van der Waals surface area (Å²) in [5.74, 6) is 0.885. The third kappa shape index (κ3) is 3.78. The second kappa shape index (κ2) is 6.80. The van der Waals surface area contributed by atoms with Gasteiger partial charge in [-0.25, -0.2) is 0 Å². The summed E-state index contributed by atoms with van der Waals surface area (Å²) >= 11 is 5.89. The number of hydrogen-bond donors (Lipinski definition) is 1. The third-order valence-electron chi connectivity index (χ3n) is 4.75. The van der Waals surface area contributed by atoms with E-state index in [1.54, 1.807) is 0 Å². The van der Waals surface area contributed by atoms with Crippen LogP contribution in [0.25, 0.3) is 0 Å². The minimum atomic E-state index is 0.250. The van der Waals surface area contributed by atoms with Gasteiger partial charge >= 0.3 is 0 Å². The van der Waals surface area contributed by atoms with Crippen molar-refractivity contribution in [2.24, 2.45) is 5.92 Å². The lowest BCUT2D eigenvalue weighted by molar-refractivity contribution is -0.132. The standard InChI is InChI=1S/C17H23ClN2O/c18-15-7-5-13(6-8-15)11-17(21)20-10-2-3-14(12-20)16-4-1-9-19-16/h5-8,14,16,19H,1-4,9-12H2. The predicted molar refractivity (Wildman–Crippen MR) is 85.5 cm³/mol. The van der Waals surface area contributed by atoms with E-state index in [1.165, 1.54) is 19.3 Å². The lowest BCUT2D eigenvalue weighted by Crippen LogP contribution is -2.46. The molecule has 1 aromatic carbocycles. The van der Waals surface area contributed by atoms with Crippen LogP contribution >= 0.6 is 11.6 Å². The first-order valence-corrected chi connectivity index (χ1v) is 8.36. The van der Waals surface area contributed by atoms with Gasteiger partial charge in [0.25, 0.3) is 0 Å². The van der Waals surface area contributed by atoms with Gasteiger partial charge in [-0.3, -0.25) is 4.79 Å². The Hall–Kier alpha value is -1.06. The minimum Gasteiger partial charge on any atom is -0.342 e. The molecule has 2 aliphatic rings. The largest absolute Gasteiger partial charge is 0.342 e. The first-order chi connectivity index (χ1) is 10.2. The summed E-state index contributed by atoms with van der Waals surface area (Å²) in [7, 11) is 0. The highest BCUT2D eigenvalue weighted by Crippen LogP contribution is 2.25. The van der Waals surface area contributed by atoms with Gasteiger partial charge in [0.1, 0.15) is 0 Å². The Morgan fingerprint density at radius 2 is 2.05 bits per heavy atom. The Morgan fingerprint density at radius 1 is 1.24 bits per heavy atom. The zero-order valence-electron chi connectivity index (χ0n) is 12.4. The van der Waals surface area contributed by atoms with Crippen molar-refractivity contribution in [2.45, 2.75) is 38.1 Å². The number of piperidine rings is 1. The van der Waals surface area contributed by atoms with E-state index >= 15 is 0 Å². The van der Waals surface area contributed by atoms with E-state index in [1.807, 2.05) is 24.3 Å². The van der Waals surface area contributed by atoms with Crippen LogP contribution in [-0.2, 0) is 11.2 Å². The zero-order chi connectivity index (χ0) is 14.7. The third-order valence-corrected chi connectivity index (χ3v) is 5.00. The number of likely N-dealkylation sites (tertiary alicyclic amines) is 1. The van der Waals surface area contributed by atoms with Gasteiger partial charge in [0.05, 0.1) is 6.42 Å². The molecule has 1 aromatic rings. The van der Waals surface area contributed by atoms with Crippen molar-refractivity contribution in [2.75, 3.05) is 19.6 Å². The van der Waals surface area contributed by atoms with Crippen LogP contribution in [0, 0.1) is 5.92 Å². The van der Waals surface area contributed by atoms with Crippen LogP contribution in [0.15, 0.2) is 24.3 Å². The molecule has 2 unspecified atom stereocenters. The van der Waals surface area contributed by atoms with Gasteiger partial charge in [-0.1, -0.05) is 23.7 Å². The number of hydrogen-bond acceptors (Lipinski definition) is 2. The lowest BCUT2D eigenvalue weighted by Gasteiger charge is -2.36. The zero-order valence-corrected chi connectivity index (χ0v) is 13.1. The maximum atomic E-state index is 12.5. The molecule has 4 heteroatoms. The number of carbonyl (C=O) groups excluding carboxylic acids is 1. The van der Waals surface area contributed by atoms with Gasteiger partial charge in [-0.05, 0) is 55.8 Å². The fourth-order valence-corrected chi connectivity index (χ4v) is 3.69. The summed E-state index contributed by atoms with van der Waals surface area (Å²) in [6, 6.07) is 8.22. The van der Waals surface area contributed by atoms with E-state index in [0.29, 0.717) is 18.4 Å². The maximum Gasteiger partial charge on any atom is 0.226 e. The van der Waals surface area contributed by atoms with Crippen LogP contribution < -0.4 is 5.32 Å². The molecule has 0 bridgehead atoms. The van der Waals surface area contributed by atoms with Gasteiger partial charge in [-0.15, -0.1) is 0 Å². The molecular formula is C17H23ClN2O. The van der Waals surface area contributed by atoms with Crippen LogP contribution in [0.1, 0.15) is 31.2 Å². The molecule has 3 rings (SSSR count). The summed E-state index contributed by atoms with van der Waals surface area (Å²) in [6.07, 6.45) is 5.42. The highest BCUT2D eigenvalue weighted by atomic mass is 35.5. The summed E-state index contributed by atoms with van der Waals surface area (Å²) < 4.78 is 0. The second-order valence-corrected chi connectivity index (χ2v) is 6.68. The molecule has 0 spiro atoms. The molecule has 1 N–H and O–H groups in total. The normalized spacial score (nSPS) is 26.0. The van der Waals surface area contributed by atoms with Gasteiger partial charge in [-0.2, -0.15) is 0 Å². The molecule has 0 radical (unpaired) electrons. The SMILES string of the molecule is O=C(Cc1ccc(Cl)cc1)N1CCCC(C2CCCN2)C1. The number of nitrogens with one attached hydrogen (secondary N) is 1. The number of carbonyl (C=O) groups is 1. The van der Waals surface area contributed by atoms with Gasteiger partial charge < -0.3 is 10.2 Å². The molecule has 0 saturated carbocycles. The van der Waals surface area contributed by atoms with E-state index in [2.05, 4.69) is 10.2 Å². The monoisotopic (exact) mass is 306 g/mol. The quantitative estimate of drug-likeness (QED) is 0.931. The molecule has 2 atom stereocenters. The van der Waals surface area contributed by atoms with Crippen LogP contribution in [-0.4, -0.2) is 36.5 Å². The molecule has 1 amide bonds. The van der Waals surface area contributed by atoms with Crippen molar-refractivity contribution in [3.63, 3.8) is 0 Å². The summed E-state index contributed by atoms with van der Waals surface area (Å²) in [4.78, 5) is 14.5. The van der Waals surface area contributed by atoms with Crippen molar-refractivity contribution in [3.8, 4) is 0 Å². The molecule has 2 aliphatic heterocycles. The Kier molecular flexibility index (Phi) is 4.81. The Bertz CT molecular complexity index is 482. The topological polar surface area (TPSA) is 32.3 Å². The number of rotatable bonds is 3. The maximum absolute atomic E-state index is 12.5. The van der Waals surface area contributed by atoms with Crippen LogP contribution in [0.3, 0.4) is 0 Å². The predicted octanol–water partition coefficient (Wildman–Crippen LogP) is 2.87. The molecule has 2 heterocycles. The van der Waals surface area contributed by atoms with E-state index in [4.69, 9.17) is 11.6 Å². The van der Waals surface area contributed by atoms with Crippen LogP contribution in [0.4, 0.5) is 0 Å². The van der Waals surface area contributed by atoms with Gasteiger partial charge in [0.2, 0.25) is 5.91 Å². The van der Waals surface area contributed by atoms with Crippen molar-refractivity contribution in [1.82, 2.24) is 10.2 Å². The average molecular weight is 307 g/mol. The number of benzene rings is 1. The van der Waals surface area contributed by atoms with E-state index in [-0.39, 0.29) is 5.91 Å². The Labute approximate surface area is 131 Å². The molecule has 3 nitrogen and oxygen atoms in total. The first kappa shape index (κ1) is 14.9. The molecule has 2 fully saturated rings. The fourth-order valence-electron chi connectivity index (χ4n) is 3.57. The highest BCUT2D eigenvalue weighted by molar-refractivity contribution is 6.30. The summed E-state index contributed by atoms with van der Waals surface area (Å²) in [5, 5.41) is 4.31. The number of amides is 1. The Balaban J connectivity index is 1.57. The van der Waals surface area contributed by atoms with Crippen LogP contribution in [0.2, 0.25) is 5.02 Å². The van der Waals surface area contributed by atoms with Gasteiger partial charge in [0, 0.05) is 24.2 Å². The van der Waals surface area contributed by atoms with Crippen molar-refractivity contribution in [1.29, 1.82) is 0 Å². The van der Waals surface area contributed by atoms with E-state index in [9.17, 15) is 4.79 Å². The van der Waals surface area contributed by atoms with Crippen molar-refractivity contribution < 1.29 is 4.79 Å². The smallest absolute Gasteiger partial charge is 0.226 e. The summed E-state index contributed by atoms with van der Waals surface area (Å²) in [5.41, 5.74) is 1.05. The second-order valence-electron chi connectivity index (χ2n) is 6.25. The molecule has 0 aromatic heterocycles. The highest BCUT2D eigenvalue weighted by Gasteiger charge is 2.30. The minimum absolute atomic E-state index is 0.250.